The van der Waals surface area contributed by atoms with Crippen molar-refractivity contribution >= 4 is 15.9 Å². The third kappa shape index (κ3) is 5.93. The smallest absolute Gasteiger partial charge is 0.138 e. The van der Waals surface area contributed by atoms with Crippen LogP contribution in [-0.4, -0.2) is 26.4 Å². The first-order valence-corrected chi connectivity index (χ1v) is 7.47. The second kappa shape index (κ2) is 8.56. The van der Waals surface area contributed by atoms with Crippen LogP contribution in [0.2, 0.25) is 0 Å². The molecule has 0 heterocycles. The Kier molecular flexibility index (Phi) is 7.42. The molecule has 19 heavy (non-hydrogen) atoms. The molecule has 1 aromatic carbocycles. The third-order valence-electron chi connectivity index (χ3n) is 2.78. The van der Waals surface area contributed by atoms with Crippen molar-refractivity contribution in [3.63, 3.8) is 0 Å². The van der Waals surface area contributed by atoms with Crippen LogP contribution < -0.4 is 10.1 Å². The van der Waals surface area contributed by atoms with Crippen LogP contribution >= 0.6 is 15.9 Å². The predicted molar refractivity (Wildman–Crippen MR) is 82.7 cm³/mol. The monoisotopic (exact) mass is 329 g/mol. The van der Waals surface area contributed by atoms with E-state index in [0.29, 0.717) is 12.5 Å². The topological polar surface area (TPSA) is 30.5 Å². The van der Waals surface area contributed by atoms with E-state index in [1.807, 2.05) is 19.1 Å². The Morgan fingerprint density at radius 1 is 1.26 bits per heavy atom. The van der Waals surface area contributed by atoms with E-state index in [1.54, 1.807) is 7.11 Å². The van der Waals surface area contributed by atoms with Crippen LogP contribution in [-0.2, 0) is 11.3 Å². The second-order valence-electron chi connectivity index (χ2n) is 5.11. The number of hydrogen-bond donors (Lipinski definition) is 1. The molecule has 1 rings (SSSR count). The van der Waals surface area contributed by atoms with E-state index < -0.39 is 0 Å². The Morgan fingerprint density at radius 3 is 2.63 bits per heavy atom. The zero-order valence-corrected chi connectivity index (χ0v) is 13.8. The summed E-state index contributed by atoms with van der Waals surface area (Å²) in [5.74, 6) is 1.55. The van der Waals surface area contributed by atoms with E-state index >= 15 is 0 Å². The van der Waals surface area contributed by atoms with Crippen LogP contribution in [0.1, 0.15) is 26.3 Å². The van der Waals surface area contributed by atoms with E-state index in [0.717, 1.165) is 23.3 Å². The first-order chi connectivity index (χ1) is 9.04. The van der Waals surface area contributed by atoms with Crippen molar-refractivity contribution < 1.29 is 9.47 Å². The largest absolute Gasteiger partial charge is 0.489 e. The number of methoxy groups -OCH3 is 1. The van der Waals surface area contributed by atoms with Gasteiger partial charge in [-0.05, 0) is 41.4 Å². The molecule has 0 aliphatic carbocycles. The molecule has 0 bridgehead atoms. The minimum atomic E-state index is 0.0866. The van der Waals surface area contributed by atoms with Crippen LogP contribution in [0.5, 0.6) is 5.75 Å². The highest BCUT2D eigenvalue weighted by atomic mass is 79.9. The molecule has 1 aromatic rings. The first kappa shape index (κ1) is 16.5. The minimum absolute atomic E-state index is 0.0866. The average molecular weight is 330 g/mol. The van der Waals surface area contributed by atoms with E-state index in [2.05, 4.69) is 41.2 Å². The Balaban J connectivity index is 2.66. The Bertz CT molecular complexity index is 382. The number of nitrogens with one attached hydrogen (secondary N) is 1. The van der Waals surface area contributed by atoms with Crippen molar-refractivity contribution in [2.75, 3.05) is 20.3 Å². The second-order valence-corrected chi connectivity index (χ2v) is 5.96. The number of rotatable bonds is 8. The van der Waals surface area contributed by atoms with Gasteiger partial charge in [-0.25, -0.2) is 0 Å². The van der Waals surface area contributed by atoms with E-state index in [-0.39, 0.29) is 6.10 Å². The number of ether oxygens (including phenoxy) is 2. The summed E-state index contributed by atoms with van der Waals surface area (Å²) in [4.78, 5) is 0. The Labute approximate surface area is 124 Å². The summed E-state index contributed by atoms with van der Waals surface area (Å²) in [6, 6.07) is 6.12. The van der Waals surface area contributed by atoms with E-state index in [9.17, 15) is 0 Å². The summed E-state index contributed by atoms with van der Waals surface area (Å²) in [6.45, 7) is 8.76. The fraction of sp³-hybridized carbons (Fsp3) is 0.600. The predicted octanol–water partition coefficient (Wildman–Crippen LogP) is 3.61. The maximum Gasteiger partial charge on any atom is 0.138 e. The van der Waals surface area contributed by atoms with Crippen LogP contribution in [0, 0.1) is 5.92 Å². The fourth-order valence-corrected chi connectivity index (χ4v) is 2.14. The Hall–Kier alpha value is -0.580. The maximum atomic E-state index is 5.87. The van der Waals surface area contributed by atoms with Gasteiger partial charge in [0.05, 0.1) is 10.6 Å². The molecule has 108 valence electrons. The van der Waals surface area contributed by atoms with E-state index in [1.165, 1.54) is 5.56 Å². The zero-order valence-electron chi connectivity index (χ0n) is 12.2. The molecule has 1 atom stereocenters. The summed E-state index contributed by atoms with van der Waals surface area (Å²) in [5.41, 5.74) is 1.17. The molecule has 0 aliphatic rings. The van der Waals surface area contributed by atoms with Crippen molar-refractivity contribution in [1.82, 2.24) is 5.32 Å². The summed E-state index contributed by atoms with van der Waals surface area (Å²) < 4.78 is 12.1. The van der Waals surface area contributed by atoms with Gasteiger partial charge in [-0.2, -0.15) is 0 Å². The molecule has 0 aromatic heterocycles. The average Bonchev–Trinajstić information content (AvgIpc) is 2.37. The highest BCUT2D eigenvalue weighted by Crippen LogP contribution is 2.29. The van der Waals surface area contributed by atoms with Gasteiger partial charge in [0, 0.05) is 19.2 Å². The first-order valence-electron chi connectivity index (χ1n) is 6.68. The third-order valence-corrected chi connectivity index (χ3v) is 3.41. The quantitative estimate of drug-likeness (QED) is 0.790. The van der Waals surface area contributed by atoms with Crippen molar-refractivity contribution in [3.8, 4) is 5.75 Å². The van der Waals surface area contributed by atoms with Crippen LogP contribution in [0.15, 0.2) is 22.7 Å². The standard InChI is InChI=1S/C15H24BrNO2/c1-11(2)8-17-9-13-6-5-7-14(16)15(13)19-10-12(3)18-4/h5-7,11-12,17H,8-10H2,1-4H3. The lowest BCUT2D eigenvalue weighted by molar-refractivity contribution is 0.0710. The highest BCUT2D eigenvalue weighted by molar-refractivity contribution is 9.10. The molecule has 0 spiro atoms. The van der Waals surface area contributed by atoms with Gasteiger partial charge < -0.3 is 14.8 Å². The molecule has 0 amide bonds. The van der Waals surface area contributed by atoms with Gasteiger partial charge in [0.25, 0.3) is 0 Å². The molecule has 1 N–H and O–H groups in total. The van der Waals surface area contributed by atoms with Crippen molar-refractivity contribution in [1.29, 1.82) is 0 Å². The lowest BCUT2D eigenvalue weighted by Gasteiger charge is -2.17. The molecular weight excluding hydrogens is 306 g/mol. The van der Waals surface area contributed by atoms with Gasteiger partial charge in [-0.3, -0.25) is 0 Å². The van der Waals surface area contributed by atoms with Gasteiger partial charge in [0.2, 0.25) is 0 Å². The molecule has 0 aliphatic heterocycles. The minimum Gasteiger partial charge on any atom is -0.489 e. The summed E-state index contributed by atoms with van der Waals surface area (Å²) in [6.07, 6.45) is 0.0866. The van der Waals surface area contributed by atoms with Crippen LogP contribution in [0.25, 0.3) is 0 Å². The lowest BCUT2D eigenvalue weighted by atomic mass is 10.2. The molecule has 0 radical (unpaired) electrons. The van der Waals surface area contributed by atoms with Gasteiger partial charge in [-0.1, -0.05) is 26.0 Å². The molecule has 0 saturated heterocycles. The van der Waals surface area contributed by atoms with Gasteiger partial charge in [0.1, 0.15) is 12.4 Å². The Morgan fingerprint density at radius 2 is 2.00 bits per heavy atom. The summed E-state index contributed by atoms with van der Waals surface area (Å²) >= 11 is 3.55. The highest BCUT2D eigenvalue weighted by Gasteiger charge is 2.10. The fourth-order valence-electron chi connectivity index (χ4n) is 1.62. The SMILES string of the molecule is COC(C)COc1c(Br)cccc1CNCC(C)C. The van der Waals surface area contributed by atoms with Crippen LogP contribution in [0.4, 0.5) is 0 Å². The number of para-hydroxylation sites is 1. The van der Waals surface area contributed by atoms with E-state index in [4.69, 9.17) is 9.47 Å². The normalized spacial score (nSPS) is 12.7. The molecule has 0 fully saturated rings. The summed E-state index contributed by atoms with van der Waals surface area (Å²) in [5, 5.41) is 3.44. The van der Waals surface area contributed by atoms with Crippen molar-refractivity contribution in [2.24, 2.45) is 5.92 Å². The summed E-state index contributed by atoms with van der Waals surface area (Å²) in [7, 11) is 1.69. The van der Waals surface area contributed by atoms with Gasteiger partial charge in [0.15, 0.2) is 0 Å². The molecular formula is C15H24BrNO2. The van der Waals surface area contributed by atoms with Gasteiger partial charge >= 0.3 is 0 Å². The van der Waals surface area contributed by atoms with Crippen LogP contribution in [0.3, 0.4) is 0 Å². The number of hydrogen-bond acceptors (Lipinski definition) is 3. The zero-order chi connectivity index (χ0) is 14.3. The lowest BCUT2D eigenvalue weighted by Crippen LogP contribution is -2.21. The number of benzene rings is 1. The number of halogens is 1. The molecule has 4 heteroatoms. The molecule has 1 unspecified atom stereocenters. The molecule has 0 saturated carbocycles. The van der Waals surface area contributed by atoms with Crippen molar-refractivity contribution in [3.05, 3.63) is 28.2 Å². The van der Waals surface area contributed by atoms with Crippen molar-refractivity contribution in [2.45, 2.75) is 33.4 Å². The molecule has 3 nitrogen and oxygen atoms in total. The maximum absolute atomic E-state index is 5.87. The van der Waals surface area contributed by atoms with Gasteiger partial charge in [-0.15, -0.1) is 0 Å².